The predicted octanol–water partition coefficient (Wildman–Crippen LogP) is 12.0. The van der Waals surface area contributed by atoms with Crippen LogP contribution in [0, 0.1) is 5.82 Å². The molecule has 0 bridgehead atoms. The molecule has 0 radical (unpaired) electrons. The Kier molecular flexibility index (Phi) is 8.31. The normalized spacial score (nSPS) is 11.6. The van der Waals surface area contributed by atoms with Crippen LogP contribution in [0.3, 0.4) is 0 Å². The van der Waals surface area contributed by atoms with Crippen LogP contribution in [-0.4, -0.2) is 9.97 Å². The number of oxazole rings is 2. The summed E-state index contributed by atoms with van der Waals surface area (Å²) in [5.74, 6) is 0.986. The third kappa shape index (κ3) is 6.25. The minimum absolute atomic E-state index is 0.0185. The van der Waals surface area contributed by atoms with Crippen molar-refractivity contribution in [3.05, 3.63) is 155 Å². The molecule has 9 aromatic rings. The van der Waals surface area contributed by atoms with Gasteiger partial charge in [0.15, 0.2) is 11.2 Å². The van der Waals surface area contributed by atoms with Gasteiger partial charge in [-0.3, -0.25) is 0 Å². The lowest BCUT2D eigenvalue weighted by Crippen LogP contribution is -1.98. The Labute approximate surface area is 305 Å². The highest BCUT2D eigenvalue weighted by Crippen LogP contribution is 2.40. The number of fused-ring (bicyclic) bond motifs is 4. The van der Waals surface area contributed by atoms with E-state index in [4.69, 9.17) is 28.3 Å². The largest absolute Gasteiger partial charge is 0.488 e. The lowest BCUT2D eigenvalue weighted by Gasteiger charge is -2.12. The van der Waals surface area contributed by atoms with Crippen molar-refractivity contribution in [2.45, 2.75) is 39.9 Å². The summed E-state index contributed by atoms with van der Waals surface area (Å²) < 4.78 is 41.5. The first-order valence-corrected chi connectivity index (χ1v) is 17.9. The van der Waals surface area contributed by atoms with E-state index in [1.54, 1.807) is 6.07 Å². The highest BCUT2D eigenvalue weighted by atomic mass is 19.1. The molecular weight excluding hydrogens is 664 g/mol. The molecule has 0 N–H and O–H groups in total. The molecule has 0 unspecified atom stereocenters. The van der Waals surface area contributed by atoms with Gasteiger partial charge >= 0.3 is 0 Å². The van der Waals surface area contributed by atoms with E-state index >= 15 is 4.39 Å². The molecule has 0 aliphatic heterocycles. The van der Waals surface area contributed by atoms with Crippen LogP contribution >= 0.6 is 0 Å². The van der Waals surface area contributed by atoms with Gasteiger partial charge in [-0.15, -0.1) is 0 Å². The van der Waals surface area contributed by atoms with Gasteiger partial charge in [-0.25, -0.2) is 9.97 Å². The molecule has 9 rings (SSSR count). The fraction of sp³-hybridized carbons (Fsp3) is 0.130. The van der Waals surface area contributed by atoms with E-state index in [2.05, 4.69) is 62.4 Å². The third-order valence-electron chi connectivity index (χ3n) is 9.79. The summed E-state index contributed by atoms with van der Waals surface area (Å²) in [7, 11) is 0. The number of halogens is 1. The van der Waals surface area contributed by atoms with E-state index in [9.17, 15) is 0 Å². The SMILES string of the molecule is CCc1ccc(COc2cc3ccccc3cc2-c2nc3cc4nc(-c5cc6ccccc6cc5OCc5ccc(CC)cc5)oc4c(F)c3o2)cc1. The Morgan fingerprint density at radius 2 is 0.868 bits per heavy atom. The Hall–Kier alpha value is -6.47. The Morgan fingerprint density at radius 3 is 1.26 bits per heavy atom. The van der Waals surface area contributed by atoms with Crippen LogP contribution in [0.4, 0.5) is 4.39 Å². The molecule has 0 saturated carbocycles. The van der Waals surface area contributed by atoms with Gasteiger partial charge in [-0.05, 0) is 87.0 Å². The first kappa shape index (κ1) is 32.4. The summed E-state index contributed by atoms with van der Waals surface area (Å²) in [6.45, 7) is 4.98. The van der Waals surface area contributed by atoms with Crippen LogP contribution in [0.25, 0.3) is 66.7 Å². The van der Waals surface area contributed by atoms with Gasteiger partial charge in [0.25, 0.3) is 0 Å². The number of ether oxygens (including phenoxy) is 2. The van der Waals surface area contributed by atoms with Gasteiger partial charge in [0.2, 0.25) is 17.6 Å². The lowest BCUT2D eigenvalue weighted by atomic mass is 10.1. The quantitative estimate of drug-likeness (QED) is 0.142. The predicted molar refractivity (Wildman–Crippen MR) is 208 cm³/mol. The molecule has 2 aromatic heterocycles. The van der Waals surface area contributed by atoms with Crippen molar-refractivity contribution in [3.63, 3.8) is 0 Å². The molecule has 7 aromatic carbocycles. The number of benzene rings is 7. The van der Waals surface area contributed by atoms with Gasteiger partial charge in [0, 0.05) is 0 Å². The average molecular weight is 699 g/mol. The fourth-order valence-electron chi connectivity index (χ4n) is 6.71. The zero-order valence-corrected chi connectivity index (χ0v) is 29.4. The van der Waals surface area contributed by atoms with E-state index in [1.165, 1.54) is 11.1 Å². The summed E-state index contributed by atoms with van der Waals surface area (Å²) in [5.41, 5.74) is 6.46. The maximum absolute atomic E-state index is 16.4. The summed E-state index contributed by atoms with van der Waals surface area (Å²) in [6.07, 6.45) is 1.94. The Balaban J connectivity index is 1.09. The second-order valence-electron chi connectivity index (χ2n) is 13.2. The second-order valence-corrected chi connectivity index (χ2v) is 13.2. The molecule has 0 aliphatic rings. The third-order valence-corrected chi connectivity index (χ3v) is 9.79. The fourth-order valence-corrected chi connectivity index (χ4v) is 6.71. The number of aryl methyl sites for hydroxylation is 2. The van der Waals surface area contributed by atoms with E-state index in [-0.39, 0.29) is 22.9 Å². The van der Waals surface area contributed by atoms with Gasteiger partial charge in [-0.2, -0.15) is 4.39 Å². The summed E-state index contributed by atoms with van der Waals surface area (Å²) in [6, 6.07) is 42.3. The molecule has 0 atom stereocenters. The molecule has 0 fully saturated rings. The van der Waals surface area contributed by atoms with Crippen molar-refractivity contribution >= 4 is 43.7 Å². The molecule has 0 spiro atoms. The Morgan fingerprint density at radius 1 is 0.491 bits per heavy atom. The highest BCUT2D eigenvalue weighted by molar-refractivity contribution is 5.95. The number of nitrogens with zero attached hydrogens (tertiary/aromatic N) is 2. The van der Waals surface area contributed by atoms with Crippen molar-refractivity contribution < 1.29 is 22.7 Å². The second kappa shape index (κ2) is 13.6. The molecule has 7 heteroatoms. The monoisotopic (exact) mass is 698 g/mol. The van der Waals surface area contributed by atoms with E-state index in [1.807, 2.05) is 72.8 Å². The zero-order valence-electron chi connectivity index (χ0n) is 29.4. The van der Waals surface area contributed by atoms with Crippen LogP contribution in [0.15, 0.2) is 136 Å². The minimum Gasteiger partial charge on any atom is -0.488 e. The first-order chi connectivity index (χ1) is 26.0. The van der Waals surface area contributed by atoms with Crippen molar-refractivity contribution in [1.82, 2.24) is 9.97 Å². The summed E-state index contributed by atoms with van der Waals surface area (Å²) in [5, 5.41) is 3.98. The van der Waals surface area contributed by atoms with E-state index in [0.717, 1.165) is 45.5 Å². The van der Waals surface area contributed by atoms with E-state index < -0.39 is 5.82 Å². The zero-order chi connectivity index (χ0) is 35.9. The minimum atomic E-state index is -0.673. The van der Waals surface area contributed by atoms with Gasteiger partial charge in [0.05, 0.1) is 11.1 Å². The number of hydrogen-bond acceptors (Lipinski definition) is 6. The Bertz CT molecular complexity index is 2580. The topological polar surface area (TPSA) is 70.5 Å². The first-order valence-electron chi connectivity index (χ1n) is 17.9. The van der Waals surface area contributed by atoms with Crippen molar-refractivity contribution in [1.29, 1.82) is 0 Å². The molecule has 0 amide bonds. The van der Waals surface area contributed by atoms with Crippen LogP contribution < -0.4 is 9.47 Å². The van der Waals surface area contributed by atoms with Gasteiger partial charge in [0.1, 0.15) is 35.7 Å². The maximum Gasteiger partial charge on any atom is 0.231 e. The number of hydrogen-bond donors (Lipinski definition) is 0. The molecular formula is C46H35FN2O4. The van der Waals surface area contributed by atoms with Crippen LogP contribution in [-0.2, 0) is 26.1 Å². The van der Waals surface area contributed by atoms with Crippen molar-refractivity contribution in [3.8, 4) is 34.4 Å². The van der Waals surface area contributed by atoms with Crippen molar-refractivity contribution in [2.75, 3.05) is 0 Å². The van der Waals surface area contributed by atoms with Gasteiger partial charge < -0.3 is 18.3 Å². The maximum atomic E-state index is 16.4. The summed E-state index contributed by atoms with van der Waals surface area (Å²) >= 11 is 0. The summed E-state index contributed by atoms with van der Waals surface area (Å²) in [4.78, 5) is 9.52. The van der Waals surface area contributed by atoms with Crippen LogP contribution in [0.5, 0.6) is 11.5 Å². The lowest BCUT2D eigenvalue weighted by molar-refractivity contribution is 0.307. The molecule has 53 heavy (non-hydrogen) atoms. The smallest absolute Gasteiger partial charge is 0.231 e. The molecule has 0 saturated heterocycles. The average Bonchev–Trinajstić information content (AvgIpc) is 3.84. The number of aromatic nitrogens is 2. The molecule has 260 valence electrons. The van der Waals surface area contributed by atoms with Crippen LogP contribution in [0.2, 0.25) is 0 Å². The van der Waals surface area contributed by atoms with Crippen molar-refractivity contribution in [2.24, 2.45) is 0 Å². The van der Waals surface area contributed by atoms with Gasteiger partial charge in [-0.1, -0.05) is 111 Å². The van der Waals surface area contributed by atoms with E-state index in [0.29, 0.717) is 46.9 Å². The number of rotatable bonds is 10. The highest BCUT2D eigenvalue weighted by Gasteiger charge is 2.24. The molecule has 0 aliphatic carbocycles. The molecule has 2 heterocycles. The van der Waals surface area contributed by atoms with Crippen LogP contribution in [0.1, 0.15) is 36.1 Å². The molecule has 6 nitrogen and oxygen atoms in total. The standard InChI is InChI=1S/C46H35FN2O4/c1-3-28-13-17-30(18-14-28)26-50-40-23-34-11-7-5-9-32(34)21-36(40)45-48-38-25-39-44(42(47)43(38)52-45)53-46(49-39)37-22-33-10-6-8-12-35(33)24-41(37)51-27-31-19-15-29(4-2)16-20-31/h5-25H,3-4,26-27H2,1-2H3.